The van der Waals surface area contributed by atoms with E-state index in [2.05, 4.69) is 20.9 Å². The lowest BCUT2D eigenvalue weighted by molar-refractivity contribution is -0.131. The van der Waals surface area contributed by atoms with Gasteiger partial charge in [0.2, 0.25) is 11.8 Å². The molecule has 0 saturated carbocycles. The summed E-state index contributed by atoms with van der Waals surface area (Å²) in [6, 6.07) is 21.3. The summed E-state index contributed by atoms with van der Waals surface area (Å²) in [6.45, 7) is 5.56. The summed E-state index contributed by atoms with van der Waals surface area (Å²) in [6.07, 6.45) is 1.30. The number of nitrogens with two attached hydrogens (primary N) is 2. The molecule has 0 fully saturated rings. The first-order chi connectivity index (χ1) is 21.4. The topological polar surface area (TPSA) is 178 Å². The van der Waals surface area contributed by atoms with Gasteiger partial charge in [-0.05, 0) is 61.9 Å². The van der Waals surface area contributed by atoms with Crippen LogP contribution >= 0.6 is 0 Å². The highest BCUT2D eigenvalue weighted by atomic mass is 16.6. The molecule has 11 nitrogen and oxygen atoms in total. The highest BCUT2D eigenvalue weighted by Crippen LogP contribution is 2.19. The Morgan fingerprint density at radius 2 is 1.56 bits per heavy atom. The van der Waals surface area contributed by atoms with Crippen LogP contribution in [-0.2, 0) is 32.0 Å². The van der Waals surface area contributed by atoms with Crippen molar-refractivity contribution < 1.29 is 23.9 Å². The van der Waals surface area contributed by atoms with E-state index in [0.29, 0.717) is 32.1 Å². The van der Waals surface area contributed by atoms with Crippen LogP contribution in [0.25, 0.3) is 10.8 Å². The van der Waals surface area contributed by atoms with Gasteiger partial charge in [-0.1, -0.05) is 72.8 Å². The molecule has 45 heavy (non-hydrogen) atoms. The molecule has 0 aliphatic carbocycles. The largest absolute Gasteiger partial charge is 0.444 e. The Balaban J connectivity index is 1.81. The fourth-order valence-electron chi connectivity index (χ4n) is 4.75. The number of ether oxygens (including phenoxy) is 1. The summed E-state index contributed by atoms with van der Waals surface area (Å²) in [5.74, 6) is -1.71. The van der Waals surface area contributed by atoms with Crippen LogP contribution in [0.15, 0.2) is 77.8 Å². The molecule has 3 amide bonds. The van der Waals surface area contributed by atoms with Gasteiger partial charge in [0.25, 0.3) is 0 Å². The average Bonchev–Trinajstić information content (AvgIpc) is 2.99. The maximum atomic E-state index is 13.9. The Kier molecular flexibility index (Phi) is 12.9. The van der Waals surface area contributed by atoms with Gasteiger partial charge in [-0.3, -0.25) is 14.6 Å². The van der Waals surface area contributed by atoms with Crippen molar-refractivity contribution >= 4 is 40.9 Å². The van der Waals surface area contributed by atoms with Crippen molar-refractivity contribution in [1.29, 1.82) is 0 Å². The number of hydrogen-bond donors (Lipinski definition) is 5. The highest BCUT2D eigenvalue weighted by Gasteiger charge is 2.28. The number of benzene rings is 3. The number of hydrogen-bond acceptors (Lipinski definition) is 6. The number of amides is 3. The number of aliphatic imine (C=N–C) groups is 1. The molecule has 240 valence electrons. The van der Waals surface area contributed by atoms with Crippen molar-refractivity contribution in [3.8, 4) is 0 Å². The van der Waals surface area contributed by atoms with Gasteiger partial charge in [-0.15, -0.1) is 0 Å². The Hall–Kier alpha value is -4.93. The Morgan fingerprint density at radius 3 is 2.22 bits per heavy atom. The Morgan fingerprint density at radius 1 is 0.867 bits per heavy atom. The van der Waals surface area contributed by atoms with Crippen LogP contribution in [0, 0.1) is 5.92 Å². The predicted molar refractivity (Wildman–Crippen MR) is 175 cm³/mol. The Bertz CT molecular complexity index is 1470. The molecule has 3 unspecified atom stereocenters. The van der Waals surface area contributed by atoms with Crippen LogP contribution in [0.5, 0.6) is 0 Å². The van der Waals surface area contributed by atoms with Gasteiger partial charge in [-0.2, -0.15) is 0 Å². The molecule has 0 aliphatic rings. The lowest BCUT2D eigenvalue weighted by Crippen LogP contribution is -2.53. The average molecular weight is 617 g/mol. The minimum Gasteiger partial charge on any atom is -0.444 e. The summed E-state index contributed by atoms with van der Waals surface area (Å²) in [5, 5.41) is 10.4. The standard InChI is InChI=1S/C34H44N6O5/c1-34(2,3)45-33(44)38-21-27(19-24-15-16-25-12-7-8-13-26(25)18-24)30(42)40-29(20-23-10-5-4-6-11-23)31(43)39-28(22-41)14-9-17-37-32(35)36/h4-8,10-13,15-16,18,22,27-29H,9,14,17,19-21H2,1-3H3,(H,38,44)(H,39,43)(H,40,42)(H4,35,36,37). The molecule has 7 N–H and O–H groups in total. The molecule has 0 heterocycles. The minimum atomic E-state index is -0.985. The third-order valence-corrected chi connectivity index (χ3v) is 6.93. The van der Waals surface area contributed by atoms with Crippen LogP contribution in [-0.4, -0.2) is 60.9 Å². The zero-order valence-electron chi connectivity index (χ0n) is 26.1. The molecule has 3 aromatic carbocycles. The SMILES string of the molecule is CC(C)(C)OC(=O)NCC(Cc1ccc2ccccc2c1)C(=O)NC(Cc1ccccc1)C(=O)NC(C=O)CCCN=C(N)N. The fourth-order valence-corrected chi connectivity index (χ4v) is 4.75. The third kappa shape index (κ3) is 12.3. The summed E-state index contributed by atoms with van der Waals surface area (Å²) >= 11 is 0. The number of carbonyl (C=O) groups is 4. The summed E-state index contributed by atoms with van der Waals surface area (Å²) in [4.78, 5) is 55.5. The van der Waals surface area contributed by atoms with Gasteiger partial charge < -0.3 is 36.9 Å². The number of nitrogens with zero attached hydrogens (tertiary/aromatic N) is 1. The zero-order chi connectivity index (χ0) is 32.8. The number of fused-ring (bicyclic) bond motifs is 1. The third-order valence-electron chi connectivity index (χ3n) is 6.93. The number of alkyl carbamates (subject to hydrolysis) is 1. The van der Waals surface area contributed by atoms with Crippen LogP contribution in [0.4, 0.5) is 4.79 Å². The number of aldehydes is 1. The van der Waals surface area contributed by atoms with Gasteiger partial charge in [0.05, 0.1) is 12.0 Å². The first kappa shape index (κ1) is 34.6. The molecule has 3 rings (SSSR count). The van der Waals surface area contributed by atoms with E-state index in [-0.39, 0.29) is 18.9 Å². The monoisotopic (exact) mass is 616 g/mol. The lowest BCUT2D eigenvalue weighted by Gasteiger charge is -2.25. The van der Waals surface area contributed by atoms with E-state index in [1.807, 2.05) is 72.8 Å². The van der Waals surface area contributed by atoms with Gasteiger partial charge in [-0.25, -0.2) is 4.79 Å². The van der Waals surface area contributed by atoms with E-state index in [9.17, 15) is 19.2 Å². The number of guanidine groups is 1. The molecule has 0 radical (unpaired) electrons. The van der Waals surface area contributed by atoms with E-state index in [0.717, 1.165) is 21.9 Å². The van der Waals surface area contributed by atoms with E-state index in [1.54, 1.807) is 20.8 Å². The Labute approximate surface area is 264 Å². The fraction of sp³-hybridized carbons (Fsp3) is 0.382. The van der Waals surface area contributed by atoms with Gasteiger partial charge in [0, 0.05) is 19.5 Å². The molecule has 0 bridgehead atoms. The first-order valence-electron chi connectivity index (χ1n) is 15.0. The second-order valence-electron chi connectivity index (χ2n) is 11.9. The first-order valence-corrected chi connectivity index (χ1v) is 15.0. The molecule has 0 spiro atoms. The van der Waals surface area contributed by atoms with Crippen molar-refractivity contribution in [3.63, 3.8) is 0 Å². The van der Waals surface area contributed by atoms with Crippen molar-refractivity contribution in [2.24, 2.45) is 22.4 Å². The number of rotatable bonds is 15. The summed E-state index contributed by atoms with van der Waals surface area (Å²) < 4.78 is 5.38. The van der Waals surface area contributed by atoms with E-state index < -0.39 is 41.5 Å². The van der Waals surface area contributed by atoms with Crippen LogP contribution in [0.1, 0.15) is 44.7 Å². The molecular weight excluding hydrogens is 572 g/mol. The smallest absolute Gasteiger partial charge is 0.407 e. The zero-order valence-corrected chi connectivity index (χ0v) is 26.1. The maximum Gasteiger partial charge on any atom is 0.407 e. The van der Waals surface area contributed by atoms with Crippen molar-refractivity contribution in [1.82, 2.24) is 16.0 Å². The van der Waals surface area contributed by atoms with Gasteiger partial charge in [0.1, 0.15) is 17.9 Å². The molecule has 0 saturated heterocycles. The quantitative estimate of drug-likeness (QED) is 0.0754. The predicted octanol–water partition coefficient (Wildman–Crippen LogP) is 2.99. The molecule has 11 heteroatoms. The molecule has 3 atom stereocenters. The number of carbonyl (C=O) groups excluding carboxylic acids is 4. The van der Waals surface area contributed by atoms with Gasteiger partial charge in [0.15, 0.2) is 5.96 Å². The van der Waals surface area contributed by atoms with Crippen molar-refractivity contribution in [2.75, 3.05) is 13.1 Å². The molecule has 3 aromatic rings. The van der Waals surface area contributed by atoms with E-state index in [4.69, 9.17) is 16.2 Å². The van der Waals surface area contributed by atoms with Crippen molar-refractivity contribution in [3.05, 3.63) is 83.9 Å². The van der Waals surface area contributed by atoms with Crippen LogP contribution in [0.3, 0.4) is 0 Å². The van der Waals surface area contributed by atoms with Crippen LogP contribution in [0.2, 0.25) is 0 Å². The summed E-state index contributed by atoms with van der Waals surface area (Å²) in [5.41, 5.74) is 11.7. The van der Waals surface area contributed by atoms with E-state index >= 15 is 0 Å². The lowest BCUT2D eigenvalue weighted by atomic mass is 9.95. The number of nitrogens with one attached hydrogen (secondary N) is 3. The van der Waals surface area contributed by atoms with Gasteiger partial charge >= 0.3 is 6.09 Å². The van der Waals surface area contributed by atoms with Crippen molar-refractivity contribution in [2.45, 2.75) is 64.1 Å². The second kappa shape index (κ2) is 16.8. The maximum absolute atomic E-state index is 13.9. The van der Waals surface area contributed by atoms with Crippen LogP contribution < -0.4 is 27.4 Å². The molecule has 0 aliphatic heterocycles. The normalized spacial score (nSPS) is 13.1. The molecular formula is C34H44N6O5. The highest BCUT2D eigenvalue weighted by molar-refractivity contribution is 5.90. The second-order valence-corrected chi connectivity index (χ2v) is 11.9. The summed E-state index contributed by atoms with van der Waals surface area (Å²) in [7, 11) is 0. The molecule has 0 aromatic heterocycles. The van der Waals surface area contributed by atoms with E-state index in [1.165, 1.54) is 0 Å². The minimum absolute atomic E-state index is 0.0188.